The molecule has 12 heteroatoms. The first-order valence-electron chi connectivity index (χ1n) is 16.2. The summed E-state index contributed by atoms with van der Waals surface area (Å²) < 4.78 is 5.73. The molecule has 0 saturated heterocycles. The average molecular weight is 690 g/mol. The number of aromatic hydroxyl groups is 1. The molecule has 6 atom stereocenters. The lowest BCUT2D eigenvalue weighted by Crippen LogP contribution is -2.73. The molecule has 0 spiro atoms. The van der Waals surface area contributed by atoms with Crippen LogP contribution in [0.4, 0.5) is 0 Å². The van der Waals surface area contributed by atoms with Gasteiger partial charge in [-0.15, -0.1) is 0 Å². The van der Waals surface area contributed by atoms with Gasteiger partial charge in [-0.3, -0.25) is 14.4 Å². The summed E-state index contributed by atoms with van der Waals surface area (Å²) in [7, 11) is 4.79. The fourth-order valence-electron chi connectivity index (χ4n) is 8.05. The fourth-order valence-corrected chi connectivity index (χ4v) is 8.17. The smallest absolute Gasteiger partial charge is 0.230 e. The van der Waals surface area contributed by atoms with Crippen molar-refractivity contribution >= 4 is 34.8 Å². The van der Waals surface area contributed by atoms with E-state index in [9.17, 15) is 34.8 Å². The minimum absolute atomic E-state index is 0.0200. The van der Waals surface area contributed by atoms with Crippen molar-refractivity contribution in [3.05, 3.63) is 87.4 Å². The number of benzene rings is 3. The van der Waals surface area contributed by atoms with Crippen LogP contribution in [0, 0.1) is 17.8 Å². The van der Waals surface area contributed by atoms with Gasteiger partial charge in [0.25, 0.3) is 0 Å². The van der Waals surface area contributed by atoms with Crippen LogP contribution < -0.4 is 15.8 Å². The van der Waals surface area contributed by atoms with Gasteiger partial charge in [-0.25, -0.2) is 0 Å². The van der Waals surface area contributed by atoms with E-state index < -0.39 is 58.7 Å². The van der Waals surface area contributed by atoms with E-state index in [0.29, 0.717) is 34.0 Å². The minimum atomic E-state index is -2.71. The van der Waals surface area contributed by atoms with Gasteiger partial charge in [-0.1, -0.05) is 35.9 Å². The topological polar surface area (TPSA) is 183 Å². The number of likely N-dealkylation sites (N-methyl/N-ethyl adjacent to an activating group) is 1. The van der Waals surface area contributed by atoms with E-state index in [1.54, 1.807) is 32.2 Å². The molecule has 1 amide bonds. The molecule has 3 aliphatic rings. The van der Waals surface area contributed by atoms with E-state index in [4.69, 9.17) is 22.1 Å². The van der Waals surface area contributed by atoms with Crippen molar-refractivity contribution in [2.75, 3.05) is 27.7 Å². The molecule has 2 fully saturated rings. The molecule has 3 aliphatic carbocycles. The van der Waals surface area contributed by atoms with Gasteiger partial charge < -0.3 is 41.1 Å². The van der Waals surface area contributed by atoms with Crippen molar-refractivity contribution in [1.82, 2.24) is 10.2 Å². The predicted octanol–water partition coefficient (Wildman–Crippen LogP) is 2.79. The number of aliphatic hydroxyl groups excluding tert-OH is 2. The van der Waals surface area contributed by atoms with Crippen molar-refractivity contribution in [3.63, 3.8) is 0 Å². The zero-order chi connectivity index (χ0) is 35.4. The number of ketones is 2. The first kappa shape index (κ1) is 34.6. The summed E-state index contributed by atoms with van der Waals surface area (Å²) >= 11 is 6.00. The number of hydrogen-bond acceptors (Lipinski definition) is 10. The second-order valence-electron chi connectivity index (χ2n) is 13.4. The normalized spacial score (nSPS) is 26.3. The first-order chi connectivity index (χ1) is 23.3. The molecule has 3 aromatic carbocycles. The number of rotatable bonds is 9. The zero-order valence-corrected chi connectivity index (χ0v) is 28.2. The third-order valence-electron chi connectivity index (χ3n) is 10.4. The Morgan fingerprint density at radius 3 is 2.41 bits per heavy atom. The molecule has 2 unspecified atom stereocenters. The molecule has 11 nitrogen and oxygen atoms in total. The number of aliphatic hydroxyl groups is 3. The highest BCUT2D eigenvalue weighted by Gasteiger charge is 2.67. The van der Waals surface area contributed by atoms with Crippen molar-refractivity contribution in [2.24, 2.45) is 23.5 Å². The summed E-state index contributed by atoms with van der Waals surface area (Å²) in [6.45, 7) is 1.29. The predicted molar refractivity (Wildman–Crippen MR) is 183 cm³/mol. The monoisotopic (exact) mass is 689 g/mol. The molecule has 0 aromatic heterocycles. The molecule has 0 heterocycles. The Labute approximate surface area is 289 Å². The van der Waals surface area contributed by atoms with Crippen LogP contribution in [0.5, 0.6) is 11.5 Å². The maximum Gasteiger partial charge on any atom is 0.230 e. The minimum Gasteiger partial charge on any atom is -0.507 e. The van der Waals surface area contributed by atoms with Crippen molar-refractivity contribution in [3.8, 4) is 22.6 Å². The molecule has 258 valence electrons. The summed E-state index contributed by atoms with van der Waals surface area (Å²) in [6, 6.07) is 15.7. The van der Waals surface area contributed by atoms with Crippen molar-refractivity contribution < 1.29 is 39.5 Å². The SMILES string of the molecule is COc1ccc(CNCCc2ccc(Cl)cc2)cc1-c1ccc(O)c2c1C[C@@H]1C[C@@H]3[C@@H](N(C)C)C(O)C(C(N)=O)C(=O)[C@]3(O)C(=O)C1=C2O. The summed E-state index contributed by atoms with van der Waals surface area (Å²) in [6.07, 6.45) is -0.537. The summed E-state index contributed by atoms with van der Waals surface area (Å²) in [5.74, 6) is -7.27. The Morgan fingerprint density at radius 2 is 1.76 bits per heavy atom. The fraction of sp³-hybridized carbons (Fsp3) is 0.378. The van der Waals surface area contributed by atoms with Crippen LogP contribution in [0.25, 0.3) is 16.9 Å². The highest BCUT2D eigenvalue weighted by molar-refractivity contribution is 6.30. The molecule has 3 aromatic rings. The lowest BCUT2D eigenvalue weighted by Gasteiger charge is -2.53. The molecular weight excluding hydrogens is 650 g/mol. The van der Waals surface area contributed by atoms with Gasteiger partial charge in [0.2, 0.25) is 11.7 Å². The number of nitrogens with two attached hydrogens (primary N) is 1. The summed E-state index contributed by atoms with van der Waals surface area (Å²) in [5.41, 5.74) is 6.66. The third-order valence-corrected chi connectivity index (χ3v) is 10.6. The van der Waals surface area contributed by atoms with Crippen LogP contribution >= 0.6 is 11.6 Å². The number of phenols is 1. The highest BCUT2D eigenvalue weighted by atomic mass is 35.5. The van der Waals surface area contributed by atoms with Gasteiger partial charge in [-0.05, 0) is 98.4 Å². The number of ether oxygens (including phenoxy) is 1. The molecular formula is C37H40ClN3O8. The van der Waals surface area contributed by atoms with Gasteiger partial charge in [0.15, 0.2) is 11.4 Å². The Bertz CT molecular complexity index is 1860. The van der Waals surface area contributed by atoms with Crippen LogP contribution in [0.2, 0.25) is 5.02 Å². The second kappa shape index (κ2) is 13.2. The largest absolute Gasteiger partial charge is 0.507 e. The first-order valence-corrected chi connectivity index (χ1v) is 16.5. The number of phenolic OH excluding ortho intramolecular Hbond substituents is 1. The van der Waals surface area contributed by atoms with Gasteiger partial charge in [0.1, 0.15) is 23.2 Å². The Morgan fingerprint density at radius 1 is 1.06 bits per heavy atom. The molecule has 7 N–H and O–H groups in total. The van der Waals surface area contributed by atoms with E-state index in [1.165, 1.54) is 6.07 Å². The van der Waals surface area contributed by atoms with Crippen molar-refractivity contribution in [1.29, 1.82) is 0 Å². The van der Waals surface area contributed by atoms with Crippen LogP contribution in [0.15, 0.2) is 60.2 Å². The van der Waals surface area contributed by atoms with Gasteiger partial charge in [0.05, 0.1) is 18.8 Å². The number of Topliss-reactive ketones (excluding diaryl/α,β-unsaturated/α-hetero) is 2. The Balaban J connectivity index is 1.37. The number of fused-ring (bicyclic) bond motifs is 3. The van der Waals surface area contributed by atoms with Gasteiger partial charge in [0, 0.05) is 34.7 Å². The number of hydrogen-bond donors (Lipinski definition) is 6. The van der Waals surface area contributed by atoms with E-state index in [-0.39, 0.29) is 29.7 Å². The van der Waals surface area contributed by atoms with E-state index >= 15 is 0 Å². The van der Waals surface area contributed by atoms with Gasteiger partial charge in [-0.2, -0.15) is 0 Å². The lowest BCUT2D eigenvalue weighted by molar-refractivity contribution is -0.184. The molecule has 0 aliphatic heterocycles. The summed E-state index contributed by atoms with van der Waals surface area (Å²) in [4.78, 5) is 41.6. The van der Waals surface area contributed by atoms with Crippen LogP contribution in [0.1, 0.15) is 28.7 Å². The standard InChI is InChI=1S/C37H40ClN3O8/c1-41(2)31-25-16-20-15-24-22(23-14-19(6-11-27(23)49-3)17-40-13-12-18-4-7-21(38)8-5-18)9-10-26(42)29(24)32(43)28(20)34(45)37(25,48)35(46)30(33(31)44)36(39)47/h4-11,14,20,25,30-31,33,40,42-44,48H,12-13,15-17H2,1-3H3,(H2,39,47)/t20-,25-,30?,31-,33?,37-/m1/s1. The zero-order valence-electron chi connectivity index (χ0n) is 27.4. The molecule has 6 rings (SSSR count). The maximum atomic E-state index is 14.2. The Hall–Kier alpha value is -4.26. The van der Waals surface area contributed by atoms with E-state index in [1.807, 2.05) is 42.5 Å². The lowest BCUT2D eigenvalue weighted by atomic mass is 9.54. The number of carbonyl (C=O) groups excluding carboxylic acids is 3. The van der Waals surface area contributed by atoms with Crippen LogP contribution in [-0.2, 0) is 33.8 Å². The van der Waals surface area contributed by atoms with E-state index in [0.717, 1.165) is 24.1 Å². The molecule has 49 heavy (non-hydrogen) atoms. The van der Waals surface area contributed by atoms with E-state index in [2.05, 4.69) is 5.32 Å². The van der Waals surface area contributed by atoms with Crippen LogP contribution in [0.3, 0.4) is 0 Å². The van der Waals surface area contributed by atoms with Crippen LogP contribution in [-0.4, -0.2) is 88.3 Å². The number of carbonyl (C=O) groups is 3. The third kappa shape index (κ3) is 5.79. The maximum absolute atomic E-state index is 14.2. The number of primary amides is 1. The number of methoxy groups -OCH3 is 1. The van der Waals surface area contributed by atoms with Gasteiger partial charge >= 0.3 is 0 Å². The quantitative estimate of drug-likeness (QED) is 0.144. The Kier molecular flexibility index (Phi) is 9.33. The molecule has 2 saturated carbocycles. The highest BCUT2D eigenvalue weighted by Crippen LogP contribution is 2.53. The number of nitrogens with zero attached hydrogens (tertiary/aromatic N) is 1. The molecule has 0 radical (unpaired) electrons. The van der Waals surface area contributed by atoms with Crippen molar-refractivity contribution in [2.45, 2.75) is 43.6 Å². The summed E-state index contributed by atoms with van der Waals surface area (Å²) in [5, 5.41) is 49.9. The second-order valence-corrected chi connectivity index (χ2v) is 13.8. The average Bonchev–Trinajstić information content (AvgIpc) is 3.05. The molecule has 0 bridgehead atoms. The number of amides is 1. The number of nitrogens with one attached hydrogen (secondary N) is 1. The number of halogens is 1.